The van der Waals surface area contributed by atoms with E-state index in [9.17, 15) is 9.90 Å². The van der Waals surface area contributed by atoms with E-state index in [0.717, 1.165) is 37.6 Å². The first kappa shape index (κ1) is 16.4. The summed E-state index contributed by atoms with van der Waals surface area (Å²) in [7, 11) is 0. The van der Waals surface area contributed by atoms with Crippen LogP contribution in [0.25, 0.3) is 0 Å². The van der Waals surface area contributed by atoms with Gasteiger partial charge in [0, 0.05) is 25.3 Å². The van der Waals surface area contributed by atoms with Crippen molar-refractivity contribution in [1.29, 1.82) is 0 Å². The van der Waals surface area contributed by atoms with E-state index in [0.29, 0.717) is 0 Å². The summed E-state index contributed by atoms with van der Waals surface area (Å²) in [6.45, 7) is 3.27. The van der Waals surface area contributed by atoms with Gasteiger partial charge in [0.15, 0.2) is 4.84 Å². The Bertz CT molecular complexity index is 462. The fraction of sp³-hybridized carbons (Fsp3) is 0.500. The van der Waals surface area contributed by atoms with E-state index in [1.807, 2.05) is 24.3 Å². The first-order valence-corrected chi connectivity index (χ1v) is 7.62. The molecule has 1 saturated heterocycles. The van der Waals surface area contributed by atoms with Crippen LogP contribution in [0.1, 0.15) is 11.7 Å². The largest absolute Gasteiger partial charge is 0.387 e. The zero-order valence-corrected chi connectivity index (χ0v) is 13.0. The van der Waals surface area contributed by atoms with Crippen molar-refractivity contribution in [2.45, 2.75) is 10.9 Å². The number of halogens is 2. The number of carbonyl (C=O) groups is 1. The summed E-state index contributed by atoms with van der Waals surface area (Å²) in [5.74, 6) is -0.512. The van der Waals surface area contributed by atoms with Crippen LogP contribution in [0.4, 0.5) is 5.69 Å². The van der Waals surface area contributed by atoms with Crippen molar-refractivity contribution < 1.29 is 14.6 Å². The Morgan fingerprint density at radius 3 is 2.48 bits per heavy atom. The molecule has 1 aliphatic rings. The number of morpholine rings is 1. The predicted octanol–water partition coefficient (Wildman–Crippen LogP) is 1.48. The summed E-state index contributed by atoms with van der Waals surface area (Å²) in [4.78, 5) is 12.3. The summed E-state index contributed by atoms with van der Waals surface area (Å²) in [6, 6.07) is 7.61. The topological polar surface area (TPSA) is 61.8 Å². The van der Waals surface area contributed by atoms with Crippen molar-refractivity contribution in [3.05, 3.63) is 29.8 Å². The van der Waals surface area contributed by atoms with Crippen LogP contribution < -0.4 is 10.2 Å². The highest BCUT2D eigenvalue weighted by atomic mass is 35.5. The third-order valence-corrected chi connectivity index (χ3v) is 3.72. The number of anilines is 1. The Kier molecular flexibility index (Phi) is 6.11. The van der Waals surface area contributed by atoms with Crippen molar-refractivity contribution in [3.8, 4) is 0 Å². The van der Waals surface area contributed by atoms with Crippen LogP contribution in [-0.2, 0) is 9.53 Å². The van der Waals surface area contributed by atoms with Crippen molar-refractivity contribution in [3.63, 3.8) is 0 Å². The van der Waals surface area contributed by atoms with Gasteiger partial charge in [-0.25, -0.2) is 0 Å². The lowest BCUT2D eigenvalue weighted by Crippen LogP contribution is -2.36. The van der Waals surface area contributed by atoms with Gasteiger partial charge in [0.25, 0.3) is 5.91 Å². The molecule has 1 aliphatic heterocycles. The van der Waals surface area contributed by atoms with E-state index in [4.69, 9.17) is 27.9 Å². The number of nitrogens with zero attached hydrogens (tertiary/aromatic N) is 1. The summed E-state index contributed by atoms with van der Waals surface area (Å²) in [5, 5.41) is 12.5. The van der Waals surface area contributed by atoms with Gasteiger partial charge < -0.3 is 20.1 Å². The van der Waals surface area contributed by atoms with E-state index >= 15 is 0 Å². The third-order valence-electron chi connectivity index (χ3n) is 3.32. The van der Waals surface area contributed by atoms with Gasteiger partial charge in [-0.15, -0.1) is 0 Å². The second kappa shape index (κ2) is 7.84. The van der Waals surface area contributed by atoms with Crippen LogP contribution >= 0.6 is 23.2 Å². The van der Waals surface area contributed by atoms with Crippen LogP contribution in [0.15, 0.2) is 24.3 Å². The van der Waals surface area contributed by atoms with E-state index in [2.05, 4.69) is 10.2 Å². The van der Waals surface area contributed by atoms with Gasteiger partial charge in [-0.2, -0.15) is 0 Å². The summed E-state index contributed by atoms with van der Waals surface area (Å²) in [6.07, 6.45) is -0.792. The SMILES string of the molecule is O=C(NCC(O)c1ccc(N2CCOCC2)cc1)C(Cl)Cl. The zero-order valence-electron chi connectivity index (χ0n) is 11.5. The van der Waals surface area contributed by atoms with Gasteiger partial charge in [0.05, 0.1) is 19.3 Å². The van der Waals surface area contributed by atoms with E-state index in [-0.39, 0.29) is 6.54 Å². The Labute approximate surface area is 133 Å². The minimum absolute atomic E-state index is 0.0751. The first-order chi connectivity index (χ1) is 10.1. The average Bonchev–Trinajstić information content (AvgIpc) is 2.53. The van der Waals surface area contributed by atoms with E-state index < -0.39 is 16.8 Å². The van der Waals surface area contributed by atoms with Gasteiger partial charge in [0.1, 0.15) is 0 Å². The summed E-state index contributed by atoms with van der Waals surface area (Å²) in [5.41, 5.74) is 1.83. The fourth-order valence-electron chi connectivity index (χ4n) is 2.12. The molecule has 0 spiro atoms. The summed E-state index contributed by atoms with van der Waals surface area (Å²) >= 11 is 10.8. The zero-order chi connectivity index (χ0) is 15.2. The number of ether oxygens (including phenoxy) is 1. The number of aliphatic hydroxyl groups is 1. The average molecular weight is 333 g/mol. The van der Waals surface area contributed by atoms with Gasteiger partial charge in [0.2, 0.25) is 0 Å². The number of aliphatic hydroxyl groups excluding tert-OH is 1. The molecule has 1 aromatic carbocycles. The molecule has 1 heterocycles. The van der Waals surface area contributed by atoms with E-state index in [1.165, 1.54) is 0 Å². The molecule has 1 aromatic rings. The normalized spacial score (nSPS) is 16.9. The lowest BCUT2D eigenvalue weighted by Gasteiger charge is -2.29. The molecule has 0 radical (unpaired) electrons. The van der Waals surface area contributed by atoms with Crippen LogP contribution in [0, 0.1) is 0 Å². The van der Waals surface area contributed by atoms with Gasteiger partial charge >= 0.3 is 0 Å². The van der Waals surface area contributed by atoms with Crippen LogP contribution in [-0.4, -0.2) is 48.7 Å². The highest BCUT2D eigenvalue weighted by Gasteiger charge is 2.15. The molecule has 5 nitrogen and oxygen atoms in total. The van der Waals surface area contributed by atoms with Gasteiger partial charge in [-0.05, 0) is 17.7 Å². The van der Waals surface area contributed by atoms with Crippen LogP contribution in [0.5, 0.6) is 0 Å². The Balaban J connectivity index is 1.90. The molecular weight excluding hydrogens is 315 g/mol. The molecule has 0 aromatic heterocycles. The van der Waals surface area contributed by atoms with Crippen LogP contribution in [0.2, 0.25) is 0 Å². The number of carbonyl (C=O) groups excluding carboxylic acids is 1. The highest BCUT2D eigenvalue weighted by molar-refractivity contribution is 6.53. The second-order valence-corrected chi connectivity index (χ2v) is 5.85. The number of alkyl halides is 2. The number of benzene rings is 1. The standard InChI is InChI=1S/C14H18Cl2N2O3/c15-13(16)14(20)17-9-12(19)10-1-3-11(4-2-10)18-5-7-21-8-6-18/h1-4,12-13,19H,5-9H2,(H,17,20). The molecule has 0 aliphatic carbocycles. The monoisotopic (exact) mass is 332 g/mol. The molecule has 0 bridgehead atoms. The molecule has 2 rings (SSSR count). The summed E-state index contributed by atoms with van der Waals surface area (Å²) < 4.78 is 5.31. The molecule has 1 unspecified atom stereocenters. The molecule has 2 N–H and O–H groups in total. The number of hydrogen-bond donors (Lipinski definition) is 2. The third kappa shape index (κ3) is 4.74. The van der Waals surface area contributed by atoms with Crippen molar-refractivity contribution in [1.82, 2.24) is 5.32 Å². The minimum atomic E-state index is -1.12. The van der Waals surface area contributed by atoms with Crippen molar-refractivity contribution in [2.24, 2.45) is 0 Å². The number of amides is 1. The number of hydrogen-bond acceptors (Lipinski definition) is 4. The van der Waals surface area contributed by atoms with Crippen molar-refractivity contribution in [2.75, 3.05) is 37.7 Å². The van der Waals surface area contributed by atoms with Gasteiger partial charge in [-0.3, -0.25) is 4.79 Å². The highest BCUT2D eigenvalue weighted by Crippen LogP contribution is 2.20. The van der Waals surface area contributed by atoms with E-state index in [1.54, 1.807) is 0 Å². The first-order valence-electron chi connectivity index (χ1n) is 6.74. The molecule has 1 fully saturated rings. The molecule has 21 heavy (non-hydrogen) atoms. The van der Waals surface area contributed by atoms with Crippen LogP contribution in [0.3, 0.4) is 0 Å². The minimum Gasteiger partial charge on any atom is -0.387 e. The molecule has 0 saturated carbocycles. The lowest BCUT2D eigenvalue weighted by molar-refractivity contribution is -0.119. The van der Waals surface area contributed by atoms with Crippen molar-refractivity contribution >= 4 is 34.8 Å². The second-order valence-electron chi connectivity index (χ2n) is 4.75. The maximum Gasteiger partial charge on any atom is 0.253 e. The molecular formula is C14H18Cl2N2O3. The quantitative estimate of drug-likeness (QED) is 0.802. The Morgan fingerprint density at radius 1 is 1.29 bits per heavy atom. The molecule has 116 valence electrons. The Morgan fingerprint density at radius 2 is 1.90 bits per heavy atom. The maximum absolute atomic E-state index is 11.2. The van der Waals surface area contributed by atoms with Gasteiger partial charge in [-0.1, -0.05) is 35.3 Å². The lowest BCUT2D eigenvalue weighted by atomic mass is 10.1. The molecule has 7 heteroatoms. The molecule has 1 amide bonds. The smallest absolute Gasteiger partial charge is 0.253 e. The molecule has 1 atom stereocenters. The Hall–Kier alpha value is -1.01. The fourth-order valence-corrected chi connectivity index (χ4v) is 2.28. The predicted molar refractivity (Wildman–Crippen MR) is 82.9 cm³/mol. The maximum atomic E-state index is 11.2. The number of nitrogens with one attached hydrogen (secondary N) is 1. The number of rotatable bonds is 5.